The molecule has 16 heavy (non-hydrogen) atoms. The molecule has 2 aliphatic heterocycles. The van der Waals surface area contributed by atoms with E-state index in [1.165, 1.54) is 0 Å². The Kier molecular flexibility index (Phi) is 3.82. The number of hydrogen-bond donors (Lipinski definition) is 1. The fourth-order valence-electron chi connectivity index (χ4n) is 2.65. The predicted molar refractivity (Wildman–Crippen MR) is 64.3 cm³/mol. The second-order valence-corrected chi connectivity index (χ2v) is 5.17. The predicted octanol–water partition coefficient (Wildman–Crippen LogP) is 0.149. The van der Waals surface area contributed by atoms with Gasteiger partial charge in [-0.3, -0.25) is 9.69 Å². The molecule has 0 aromatic rings. The summed E-state index contributed by atoms with van der Waals surface area (Å²) in [6.45, 7) is 10.3. The van der Waals surface area contributed by atoms with Gasteiger partial charge in [0.1, 0.15) is 0 Å². The second kappa shape index (κ2) is 5.15. The first-order valence-electron chi connectivity index (χ1n) is 6.42. The van der Waals surface area contributed by atoms with Crippen LogP contribution in [0.1, 0.15) is 20.3 Å². The Hall–Kier alpha value is -0.610. The molecule has 92 valence electrons. The zero-order chi connectivity index (χ0) is 11.5. The standard InChI is InChI=1S/C12H23N3O/c1-10(2)12(16)15-6-3-11(9-15)14-7-4-13-5-8-14/h10-11,13H,3-9H2,1-2H3. The third kappa shape index (κ3) is 2.55. The molecule has 0 spiro atoms. The van der Waals surface area contributed by atoms with Crippen molar-refractivity contribution in [3.63, 3.8) is 0 Å². The Morgan fingerprint density at radius 3 is 2.56 bits per heavy atom. The maximum absolute atomic E-state index is 11.9. The molecule has 0 saturated carbocycles. The lowest BCUT2D eigenvalue weighted by molar-refractivity contribution is -0.133. The fraction of sp³-hybridized carbons (Fsp3) is 0.917. The molecule has 2 rings (SSSR count). The number of carbonyl (C=O) groups is 1. The number of nitrogens with one attached hydrogen (secondary N) is 1. The molecule has 0 aromatic carbocycles. The third-order valence-corrected chi connectivity index (χ3v) is 3.64. The maximum atomic E-state index is 11.9. The number of amides is 1. The molecule has 0 bridgehead atoms. The molecule has 2 aliphatic rings. The van der Waals surface area contributed by atoms with Gasteiger partial charge in [-0.05, 0) is 6.42 Å². The summed E-state index contributed by atoms with van der Waals surface area (Å²) in [7, 11) is 0. The Morgan fingerprint density at radius 2 is 1.94 bits per heavy atom. The van der Waals surface area contributed by atoms with Crippen molar-refractivity contribution in [2.24, 2.45) is 5.92 Å². The quantitative estimate of drug-likeness (QED) is 0.726. The van der Waals surface area contributed by atoms with Gasteiger partial charge in [-0.2, -0.15) is 0 Å². The summed E-state index contributed by atoms with van der Waals surface area (Å²) in [6, 6.07) is 0.602. The van der Waals surface area contributed by atoms with E-state index in [1.54, 1.807) is 0 Å². The molecule has 0 aromatic heterocycles. The highest BCUT2D eigenvalue weighted by Gasteiger charge is 2.31. The minimum absolute atomic E-state index is 0.141. The molecule has 1 N–H and O–H groups in total. The van der Waals surface area contributed by atoms with Gasteiger partial charge in [-0.25, -0.2) is 0 Å². The molecule has 2 saturated heterocycles. The van der Waals surface area contributed by atoms with Crippen molar-refractivity contribution in [2.75, 3.05) is 39.3 Å². The SMILES string of the molecule is CC(C)C(=O)N1CCC(N2CCNCC2)C1. The van der Waals surface area contributed by atoms with Gasteiger partial charge < -0.3 is 10.2 Å². The zero-order valence-corrected chi connectivity index (χ0v) is 10.4. The summed E-state index contributed by atoms with van der Waals surface area (Å²) in [5, 5.41) is 3.37. The second-order valence-electron chi connectivity index (χ2n) is 5.17. The number of nitrogens with zero attached hydrogens (tertiary/aromatic N) is 2. The first-order chi connectivity index (χ1) is 7.68. The largest absolute Gasteiger partial charge is 0.341 e. The lowest BCUT2D eigenvalue weighted by Gasteiger charge is -2.32. The van der Waals surface area contributed by atoms with Crippen molar-refractivity contribution in [3.05, 3.63) is 0 Å². The summed E-state index contributed by atoms with van der Waals surface area (Å²) in [5.41, 5.74) is 0. The van der Waals surface area contributed by atoms with Gasteiger partial charge in [-0.1, -0.05) is 13.8 Å². The smallest absolute Gasteiger partial charge is 0.225 e. The van der Waals surface area contributed by atoms with Gasteiger partial charge in [0.25, 0.3) is 0 Å². The van der Waals surface area contributed by atoms with Crippen LogP contribution in [0.2, 0.25) is 0 Å². The minimum atomic E-state index is 0.141. The molecule has 4 nitrogen and oxygen atoms in total. The van der Waals surface area contributed by atoms with Crippen LogP contribution in [0.3, 0.4) is 0 Å². The van der Waals surface area contributed by atoms with E-state index in [-0.39, 0.29) is 5.92 Å². The lowest BCUT2D eigenvalue weighted by Crippen LogP contribution is -2.49. The molecule has 0 radical (unpaired) electrons. The Labute approximate surface area is 98.0 Å². The highest BCUT2D eigenvalue weighted by atomic mass is 16.2. The first kappa shape index (κ1) is 11.9. The summed E-state index contributed by atoms with van der Waals surface area (Å²) in [5.74, 6) is 0.458. The van der Waals surface area contributed by atoms with Gasteiger partial charge in [0, 0.05) is 51.2 Å². The number of rotatable bonds is 2. The van der Waals surface area contributed by atoms with E-state index in [9.17, 15) is 4.79 Å². The van der Waals surface area contributed by atoms with E-state index in [2.05, 4.69) is 10.2 Å². The van der Waals surface area contributed by atoms with Gasteiger partial charge in [0.15, 0.2) is 0 Å². The highest BCUT2D eigenvalue weighted by molar-refractivity contribution is 5.78. The van der Waals surface area contributed by atoms with Gasteiger partial charge in [-0.15, -0.1) is 0 Å². The van der Waals surface area contributed by atoms with Crippen molar-refractivity contribution in [2.45, 2.75) is 26.3 Å². The van der Waals surface area contributed by atoms with Crippen LogP contribution in [0.5, 0.6) is 0 Å². The van der Waals surface area contributed by atoms with E-state index in [1.807, 2.05) is 18.7 Å². The van der Waals surface area contributed by atoms with Crippen LogP contribution in [0.25, 0.3) is 0 Å². The monoisotopic (exact) mass is 225 g/mol. The summed E-state index contributed by atoms with van der Waals surface area (Å²) in [6.07, 6.45) is 1.15. The lowest BCUT2D eigenvalue weighted by atomic mass is 10.2. The highest BCUT2D eigenvalue weighted by Crippen LogP contribution is 2.18. The topological polar surface area (TPSA) is 35.6 Å². The van der Waals surface area contributed by atoms with Crippen LogP contribution in [0.15, 0.2) is 0 Å². The number of likely N-dealkylation sites (tertiary alicyclic amines) is 1. The van der Waals surface area contributed by atoms with Crippen LogP contribution in [0, 0.1) is 5.92 Å². The molecule has 4 heteroatoms. The van der Waals surface area contributed by atoms with E-state index in [4.69, 9.17) is 0 Å². The molecule has 1 atom stereocenters. The van der Waals surface area contributed by atoms with Crippen LogP contribution in [-0.2, 0) is 4.79 Å². The van der Waals surface area contributed by atoms with E-state index in [0.29, 0.717) is 11.9 Å². The molecule has 1 amide bonds. The molecule has 0 aliphatic carbocycles. The summed E-state index contributed by atoms with van der Waals surface area (Å²) < 4.78 is 0. The van der Waals surface area contributed by atoms with Gasteiger partial charge in [0.2, 0.25) is 5.91 Å². The van der Waals surface area contributed by atoms with Crippen LogP contribution in [-0.4, -0.2) is 61.0 Å². The number of hydrogen-bond acceptors (Lipinski definition) is 3. The molecular weight excluding hydrogens is 202 g/mol. The van der Waals surface area contributed by atoms with Crippen molar-refractivity contribution in [3.8, 4) is 0 Å². The minimum Gasteiger partial charge on any atom is -0.341 e. The zero-order valence-electron chi connectivity index (χ0n) is 10.4. The van der Waals surface area contributed by atoms with Gasteiger partial charge in [0.05, 0.1) is 0 Å². The molecule has 2 heterocycles. The van der Waals surface area contributed by atoms with E-state index < -0.39 is 0 Å². The third-order valence-electron chi connectivity index (χ3n) is 3.64. The molecular formula is C12H23N3O. The number of carbonyl (C=O) groups excluding carboxylic acids is 1. The Bertz CT molecular complexity index is 249. The first-order valence-corrected chi connectivity index (χ1v) is 6.42. The maximum Gasteiger partial charge on any atom is 0.225 e. The normalized spacial score (nSPS) is 27.7. The van der Waals surface area contributed by atoms with Crippen LogP contribution in [0.4, 0.5) is 0 Å². The summed E-state index contributed by atoms with van der Waals surface area (Å²) in [4.78, 5) is 16.4. The van der Waals surface area contributed by atoms with Gasteiger partial charge >= 0.3 is 0 Å². The van der Waals surface area contributed by atoms with Crippen LogP contribution >= 0.6 is 0 Å². The summed E-state index contributed by atoms with van der Waals surface area (Å²) >= 11 is 0. The Morgan fingerprint density at radius 1 is 1.25 bits per heavy atom. The van der Waals surface area contributed by atoms with E-state index in [0.717, 1.165) is 45.7 Å². The molecule has 1 unspecified atom stereocenters. The Balaban J connectivity index is 1.85. The average molecular weight is 225 g/mol. The number of piperazine rings is 1. The van der Waals surface area contributed by atoms with Crippen molar-refractivity contribution in [1.29, 1.82) is 0 Å². The van der Waals surface area contributed by atoms with E-state index >= 15 is 0 Å². The molecule has 2 fully saturated rings. The van der Waals surface area contributed by atoms with Crippen LogP contribution < -0.4 is 5.32 Å². The van der Waals surface area contributed by atoms with Crippen molar-refractivity contribution < 1.29 is 4.79 Å². The average Bonchev–Trinajstić information content (AvgIpc) is 2.78. The fourth-order valence-corrected chi connectivity index (χ4v) is 2.65. The van der Waals surface area contributed by atoms with Crippen molar-refractivity contribution >= 4 is 5.91 Å². The van der Waals surface area contributed by atoms with Crippen molar-refractivity contribution in [1.82, 2.24) is 15.1 Å².